The largest absolute Gasteiger partial charge is 0.398 e. The third-order valence-corrected chi connectivity index (χ3v) is 4.81. The van der Waals surface area contributed by atoms with Gasteiger partial charge in [-0.1, -0.05) is 0 Å². The number of benzene rings is 2. The standard InChI is InChI=1S/C22H22FN5O2/c23-18-6-4-16-11-15(18)13-30-10-2-1-8-25-21(29)14-3-5-17(19(24)12-14)20-7-9-26-22(27-16)28-20/h3-7,9,11-12H,1-2,8,10,13,24H2,(H,25,29)(H,26,27,28). The van der Waals surface area contributed by atoms with Gasteiger partial charge in [0.1, 0.15) is 5.82 Å². The highest BCUT2D eigenvalue weighted by Gasteiger charge is 2.12. The lowest BCUT2D eigenvalue weighted by molar-refractivity contribution is 0.0945. The van der Waals surface area contributed by atoms with E-state index in [1.807, 2.05) is 0 Å². The number of carbonyl (C=O) groups excluding carboxylic acids is 1. The Balaban J connectivity index is 1.69. The SMILES string of the molecule is Nc1cc2ccc1-c1ccnc(n1)Nc1ccc(F)c(c1)COCCCCNC2=O. The van der Waals surface area contributed by atoms with Crippen LogP contribution < -0.4 is 16.4 Å². The zero-order valence-corrected chi connectivity index (χ0v) is 16.3. The Labute approximate surface area is 173 Å². The van der Waals surface area contributed by atoms with E-state index in [0.717, 1.165) is 12.8 Å². The Morgan fingerprint density at radius 1 is 1.10 bits per heavy atom. The molecule has 1 amide bonds. The van der Waals surface area contributed by atoms with Gasteiger partial charge in [0.25, 0.3) is 5.91 Å². The lowest BCUT2D eigenvalue weighted by Crippen LogP contribution is -2.24. The quantitative estimate of drug-likeness (QED) is 0.492. The minimum absolute atomic E-state index is 0.162. The van der Waals surface area contributed by atoms with E-state index in [-0.39, 0.29) is 18.3 Å². The number of anilines is 3. The van der Waals surface area contributed by atoms with Gasteiger partial charge in [0.2, 0.25) is 5.95 Å². The molecule has 154 valence electrons. The first kappa shape index (κ1) is 19.8. The third kappa shape index (κ3) is 4.55. The van der Waals surface area contributed by atoms with Gasteiger partial charge in [0.15, 0.2) is 0 Å². The first-order valence-corrected chi connectivity index (χ1v) is 9.74. The van der Waals surface area contributed by atoms with E-state index in [1.54, 1.807) is 42.6 Å². The van der Waals surface area contributed by atoms with Crippen molar-refractivity contribution in [3.8, 4) is 11.3 Å². The van der Waals surface area contributed by atoms with Crippen molar-refractivity contribution >= 4 is 23.2 Å². The second kappa shape index (κ2) is 8.87. The Kier molecular flexibility index (Phi) is 5.85. The average molecular weight is 407 g/mol. The number of nitrogen functional groups attached to an aromatic ring is 1. The van der Waals surface area contributed by atoms with Crippen LogP contribution in [0, 0.1) is 5.82 Å². The number of aromatic nitrogens is 2. The zero-order valence-electron chi connectivity index (χ0n) is 16.3. The van der Waals surface area contributed by atoms with Crippen LogP contribution in [0.5, 0.6) is 0 Å². The molecule has 4 N–H and O–H groups in total. The third-order valence-electron chi connectivity index (χ3n) is 4.81. The topological polar surface area (TPSA) is 102 Å². The highest BCUT2D eigenvalue weighted by Crippen LogP contribution is 2.27. The molecule has 0 spiro atoms. The van der Waals surface area contributed by atoms with E-state index in [1.165, 1.54) is 6.07 Å². The van der Waals surface area contributed by atoms with E-state index < -0.39 is 0 Å². The molecular weight excluding hydrogens is 385 g/mol. The summed E-state index contributed by atoms with van der Waals surface area (Å²) in [5.41, 5.74) is 9.54. The zero-order chi connectivity index (χ0) is 20.9. The monoisotopic (exact) mass is 407 g/mol. The van der Waals surface area contributed by atoms with Gasteiger partial charge >= 0.3 is 0 Å². The lowest BCUT2D eigenvalue weighted by Gasteiger charge is -2.11. The van der Waals surface area contributed by atoms with Crippen LogP contribution in [0.15, 0.2) is 48.7 Å². The number of nitrogens with zero attached hydrogens (tertiary/aromatic N) is 2. The number of nitrogens with one attached hydrogen (secondary N) is 2. The number of hydrogen-bond donors (Lipinski definition) is 3. The Bertz CT molecular complexity index is 1070. The van der Waals surface area contributed by atoms with Crippen LogP contribution in [0.25, 0.3) is 11.3 Å². The number of amides is 1. The molecule has 7 nitrogen and oxygen atoms in total. The fraction of sp³-hybridized carbons (Fsp3) is 0.227. The molecular formula is C22H22FN5O2. The highest BCUT2D eigenvalue weighted by atomic mass is 19.1. The Hall–Kier alpha value is -3.52. The predicted octanol–water partition coefficient (Wildman–Crippen LogP) is 3.65. The molecule has 5 rings (SSSR count). The van der Waals surface area contributed by atoms with Crippen molar-refractivity contribution in [3.05, 3.63) is 65.6 Å². The number of halogens is 1. The molecule has 2 aliphatic rings. The summed E-state index contributed by atoms with van der Waals surface area (Å²) in [5, 5.41) is 5.97. The maximum absolute atomic E-state index is 14.1. The molecule has 0 fully saturated rings. The van der Waals surface area contributed by atoms with Crippen LogP contribution in [0.1, 0.15) is 28.8 Å². The molecule has 0 unspecified atom stereocenters. The minimum Gasteiger partial charge on any atom is -0.398 e. The van der Waals surface area contributed by atoms with Gasteiger partial charge < -0.3 is 21.1 Å². The van der Waals surface area contributed by atoms with Crippen molar-refractivity contribution in [2.75, 3.05) is 24.2 Å². The van der Waals surface area contributed by atoms with Crippen molar-refractivity contribution in [2.24, 2.45) is 0 Å². The van der Waals surface area contributed by atoms with Crippen LogP contribution >= 0.6 is 0 Å². The van der Waals surface area contributed by atoms with E-state index in [2.05, 4.69) is 20.6 Å². The molecule has 1 aromatic heterocycles. The Morgan fingerprint density at radius 3 is 2.87 bits per heavy atom. The highest BCUT2D eigenvalue weighted by molar-refractivity contribution is 5.96. The summed E-state index contributed by atoms with van der Waals surface area (Å²) >= 11 is 0. The summed E-state index contributed by atoms with van der Waals surface area (Å²) in [7, 11) is 0. The molecule has 30 heavy (non-hydrogen) atoms. The van der Waals surface area contributed by atoms with Gasteiger partial charge in [-0.15, -0.1) is 0 Å². The number of nitrogens with two attached hydrogens (primary N) is 1. The lowest BCUT2D eigenvalue weighted by atomic mass is 10.1. The molecule has 3 heterocycles. The second-order valence-corrected chi connectivity index (χ2v) is 7.01. The fourth-order valence-corrected chi connectivity index (χ4v) is 3.21. The van der Waals surface area contributed by atoms with E-state index >= 15 is 0 Å². The molecule has 0 saturated carbocycles. The number of rotatable bonds is 0. The van der Waals surface area contributed by atoms with Crippen molar-refractivity contribution in [1.82, 2.24) is 15.3 Å². The first-order valence-electron chi connectivity index (χ1n) is 9.74. The van der Waals surface area contributed by atoms with Crippen LogP contribution in [0.4, 0.5) is 21.7 Å². The van der Waals surface area contributed by atoms with Gasteiger partial charge in [0.05, 0.1) is 12.3 Å². The van der Waals surface area contributed by atoms with E-state index in [9.17, 15) is 9.18 Å². The summed E-state index contributed by atoms with van der Waals surface area (Å²) < 4.78 is 19.7. The Morgan fingerprint density at radius 2 is 2.00 bits per heavy atom. The molecule has 3 aromatic rings. The first-order chi connectivity index (χ1) is 14.6. The smallest absolute Gasteiger partial charge is 0.251 e. The van der Waals surface area contributed by atoms with Crippen LogP contribution in [0.3, 0.4) is 0 Å². The average Bonchev–Trinajstić information content (AvgIpc) is 2.74. The summed E-state index contributed by atoms with van der Waals surface area (Å²) in [4.78, 5) is 21.1. The second-order valence-electron chi connectivity index (χ2n) is 7.01. The molecule has 0 atom stereocenters. The number of ether oxygens (including phenoxy) is 1. The van der Waals surface area contributed by atoms with Gasteiger partial charge in [-0.05, 0) is 55.3 Å². The maximum Gasteiger partial charge on any atom is 0.251 e. The van der Waals surface area contributed by atoms with Crippen molar-refractivity contribution < 1.29 is 13.9 Å². The van der Waals surface area contributed by atoms with E-state index in [4.69, 9.17) is 10.5 Å². The summed E-state index contributed by atoms with van der Waals surface area (Å²) in [6.45, 7) is 1.15. The minimum atomic E-state index is -0.332. The molecule has 2 aromatic carbocycles. The maximum atomic E-state index is 14.1. The molecule has 6 bridgehead atoms. The number of fused-ring (bicyclic) bond motifs is 9. The van der Waals surface area contributed by atoms with E-state index in [0.29, 0.717) is 52.9 Å². The molecule has 0 saturated heterocycles. The normalized spacial score (nSPS) is 14.8. The van der Waals surface area contributed by atoms with Gasteiger partial charge in [0, 0.05) is 47.4 Å². The summed E-state index contributed by atoms with van der Waals surface area (Å²) in [6.07, 6.45) is 3.12. The van der Waals surface area contributed by atoms with Crippen LogP contribution in [-0.4, -0.2) is 29.0 Å². The molecule has 2 aliphatic heterocycles. The summed E-state index contributed by atoms with van der Waals surface area (Å²) in [6, 6.07) is 11.6. The van der Waals surface area contributed by atoms with Gasteiger partial charge in [-0.3, -0.25) is 4.79 Å². The van der Waals surface area contributed by atoms with Crippen molar-refractivity contribution in [3.63, 3.8) is 0 Å². The van der Waals surface area contributed by atoms with Crippen molar-refractivity contribution in [1.29, 1.82) is 0 Å². The number of hydrogen-bond acceptors (Lipinski definition) is 6. The van der Waals surface area contributed by atoms with Crippen LogP contribution in [-0.2, 0) is 11.3 Å². The molecule has 0 aliphatic carbocycles. The fourth-order valence-electron chi connectivity index (χ4n) is 3.21. The molecule has 8 heteroatoms. The van der Waals surface area contributed by atoms with Gasteiger partial charge in [-0.2, -0.15) is 0 Å². The predicted molar refractivity (Wildman–Crippen MR) is 113 cm³/mol. The molecule has 0 radical (unpaired) electrons. The summed E-state index contributed by atoms with van der Waals surface area (Å²) in [5.74, 6) is -0.165. The van der Waals surface area contributed by atoms with Crippen molar-refractivity contribution in [2.45, 2.75) is 19.4 Å². The number of carbonyl (C=O) groups is 1. The van der Waals surface area contributed by atoms with Crippen LogP contribution in [0.2, 0.25) is 0 Å². The van der Waals surface area contributed by atoms with Gasteiger partial charge in [-0.25, -0.2) is 14.4 Å².